The summed E-state index contributed by atoms with van der Waals surface area (Å²) in [6.45, 7) is 11.7. The molecule has 0 aliphatic carbocycles. The third kappa shape index (κ3) is 19.2. The first kappa shape index (κ1) is 80.7. The summed E-state index contributed by atoms with van der Waals surface area (Å²) < 4.78 is 128. The molecule has 6 aromatic heterocycles. The van der Waals surface area contributed by atoms with Gasteiger partial charge in [-0.25, -0.2) is 63.9 Å². The Morgan fingerprint density at radius 1 is 0.486 bits per heavy atom. The van der Waals surface area contributed by atoms with E-state index in [-0.39, 0.29) is 101 Å². The van der Waals surface area contributed by atoms with Crippen LogP contribution in [0.4, 0.5) is 26.2 Å². The van der Waals surface area contributed by atoms with Gasteiger partial charge in [0, 0.05) is 55.6 Å². The third-order valence-electron chi connectivity index (χ3n) is 16.8. The Morgan fingerprint density at radius 3 is 1.25 bits per heavy atom. The summed E-state index contributed by atoms with van der Waals surface area (Å²) in [6, 6.07) is 34.3. The number of ether oxygens (including phenoxy) is 1. The molecule has 0 aliphatic heterocycles. The minimum absolute atomic E-state index is 0.0268. The van der Waals surface area contributed by atoms with E-state index in [0.717, 1.165) is 28.8 Å². The fourth-order valence-electron chi connectivity index (χ4n) is 10.9. The second-order valence-electron chi connectivity index (χ2n) is 25.9. The maximum atomic E-state index is 14.6. The molecule has 10 N–H and O–H groups in total. The van der Waals surface area contributed by atoms with Gasteiger partial charge >= 0.3 is 0 Å². The van der Waals surface area contributed by atoms with Crippen LogP contribution in [0.25, 0.3) is 103 Å². The number of aliphatic hydroxyl groups is 1. The molecule has 6 heterocycles. The molecule has 35 heteroatoms. The van der Waals surface area contributed by atoms with Gasteiger partial charge in [-0.05, 0) is 165 Å². The normalized spacial score (nSPS) is 12.5. The topological polar surface area (TPSA) is 440 Å². The summed E-state index contributed by atoms with van der Waals surface area (Å²) in [5.41, 5.74) is 24.1. The molecule has 0 spiro atoms. The second-order valence-corrected chi connectivity index (χ2v) is 33.5. The predicted octanol–water partition coefficient (Wildman–Crippen LogP) is 11.1. The fraction of sp³-hybridized carbons (Fsp3) is 0.270. The Bertz CT molecular complexity index is 5560. The van der Waals surface area contributed by atoms with Crippen LogP contribution in [0, 0.1) is 11.6 Å². The fourth-order valence-corrected chi connectivity index (χ4v) is 15.5. The van der Waals surface area contributed by atoms with E-state index in [1.165, 1.54) is 55.0 Å². The van der Waals surface area contributed by atoms with Crippen molar-refractivity contribution in [3.63, 3.8) is 0 Å². The highest BCUT2D eigenvalue weighted by molar-refractivity contribution is 7.92. The van der Waals surface area contributed by atoms with E-state index in [1.54, 1.807) is 129 Å². The van der Waals surface area contributed by atoms with Crippen molar-refractivity contribution < 1.29 is 57.1 Å². The molecule has 0 saturated heterocycles. The molecular weight excluding hydrogens is 1490 g/mol. The van der Waals surface area contributed by atoms with Crippen LogP contribution in [0.15, 0.2) is 174 Å². The van der Waals surface area contributed by atoms with Crippen molar-refractivity contribution in [2.45, 2.75) is 110 Å². The van der Waals surface area contributed by atoms with Crippen molar-refractivity contribution in [2.75, 3.05) is 52.1 Å². The number of rotatable bonds is 26. The Morgan fingerprint density at radius 2 is 0.853 bits per heavy atom. The standard InChI is InChI=1S/C26H29FN6O4S.C25H28N6O4S.C23H22ClFN6O3S/c1-15(12-26(2,3)34)38(35,36)18-8-6-17(7-9-18)21-14-30-23(28)22(31-21)25-33-32-24(37-25)19-10-5-16(13-29-4)11-20(19)27;1-16(12-13-34-3)36(32,33)20-10-8-18(9-11-20)21-15-28-23(26)22(29-21)25-31-30-24(35-25)19-6-4-17(5-7-19)14-27-2;1-12(2)35(32,33)19-7-5-14(9-16(19)24)18-11-28-21(26)20(29-18)23-31-30-22(34-23)15-6-4-13(10-27-3)8-17(15)25/h5-11,14-15,29,34H,12-13H2,1-4H3,(H2,28,30);4-11,15-16,27H,12-14H2,1-3H3,(H2,26,28);4-9,11-12,27H,10H2,1-3H3,(H2,26,28). The SMILES string of the molecule is CNCc1ccc(-c2nnc(-c3nc(-c4ccc(S(=O)(=O)C(C)C)c(Cl)c4)cnc3N)o2)c(F)c1.CNCc1ccc(-c2nnc(-c3nc(-c4ccc(S(=O)(=O)C(C)CC(C)(C)O)cc4)cnc3N)o2)c(F)c1.CNCc1ccc(-c2nnc(-c3nc(-c4ccc(S(=O)(=O)C(C)CCOC)cc4)cnc3N)o2)cc1. The van der Waals surface area contributed by atoms with Crippen LogP contribution in [0.2, 0.25) is 5.02 Å². The van der Waals surface area contributed by atoms with Crippen molar-refractivity contribution in [3.05, 3.63) is 179 Å². The number of nitrogens with zero attached hydrogens (tertiary/aromatic N) is 12. The van der Waals surface area contributed by atoms with Crippen LogP contribution in [0.5, 0.6) is 0 Å². The molecule has 12 rings (SSSR count). The number of aromatic nitrogens is 12. The molecule has 0 bridgehead atoms. The number of halogens is 3. The van der Waals surface area contributed by atoms with E-state index in [4.69, 9.17) is 46.8 Å². The van der Waals surface area contributed by atoms with Gasteiger partial charge in [0.25, 0.3) is 29.5 Å². The number of nitrogens with one attached hydrogen (secondary N) is 3. The van der Waals surface area contributed by atoms with Gasteiger partial charge in [-0.1, -0.05) is 66.2 Å². The van der Waals surface area contributed by atoms with Crippen molar-refractivity contribution in [3.8, 4) is 103 Å². The average Bonchev–Trinajstić information content (AvgIpc) is 1.59. The van der Waals surface area contributed by atoms with Crippen molar-refractivity contribution >= 4 is 58.6 Å². The number of benzene rings is 6. The molecule has 29 nitrogen and oxygen atoms in total. The number of nitrogen functional groups attached to an aromatic ring is 3. The van der Waals surface area contributed by atoms with E-state index in [1.807, 2.05) is 31.3 Å². The predicted molar refractivity (Wildman–Crippen MR) is 408 cm³/mol. The van der Waals surface area contributed by atoms with E-state index in [9.17, 15) is 39.1 Å². The molecule has 0 saturated carbocycles. The number of nitrogens with two attached hydrogens (primary N) is 3. The molecule has 2 atom stereocenters. The lowest BCUT2D eigenvalue weighted by molar-refractivity contribution is 0.0710. The minimum atomic E-state index is -3.65. The highest BCUT2D eigenvalue weighted by Gasteiger charge is 2.31. The first-order valence-corrected chi connectivity index (χ1v) is 38.8. The van der Waals surface area contributed by atoms with E-state index in [2.05, 4.69) is 76.4 Å². The van der Waals surface area contributed by atoms with Crippen LogP contribution in [-0.2, 0) is 53.9 Å². The van der Waals surface area contributed by atoms with Gasteiger partial charge in [0.15, 0.2) is 64.0 Å². The Kier molecular flexibility index (Phi) is 25.6. The van der Waals surface area contributed by atoms with Crippen LogP contribution < -0.4 is 33.2 Å². The first-order chi connectivity index (χ1) is 51.8. The quantitative estimate of drug-likeness (QED) is 0.0265. The second kappa shape index (κ2) is 34.6. The molecule has 6 aromatic carbocycles. The molecule has 0 fully saturated rings. The Labute approximate surface area is 632 Å². The zero-order valence-electron chi connectivity index (χ0n) is 60.8. The highest BCUT2D eigenvalue weighted by Crippen LogP contribution is 2.36. The molecule has 0 aliphatic rings. The van der Waals surface area contributed by atoms with Gasteiger partial charge < -0.3 is 56.2 Å². The van der Waals surface area contributed by atoms with Crippen LogP contribution in [0.1, 0.15) is 71.1 Å². The van der Waals surface area contributed by atoms with Gasteiger partial charge in [-0.15, -0.1) is 30.6 Å². The van der Waals surface area contributed by atoms with Gasteiger partial charge in [0.05, 0.1) is 87.9 Å². The number of anilines is 3. The van der Waals surface area contributed by atoms with Crippen molar-refractivity contribution in [1.82, 2.24) is 76.4 Å². The Balaban J connectivity index is 0.000000174. The van der Waals surface area contributed by atoms with E-state index in [0.29, 0.717) is 65.8 Å². The van der Waals surface area contributed by atoms with Crippen LogP contribution in [-0.4, -0.2) is 147 Å². The summed E-state index contributed by atoms with van der Waals surface area (Å²) in [5, 5.41) is 41.2. The van der Waals surface area contributed by atoms with E-state index >= 15 is 0 Å². The van der Waals surface area contributed by atoms with E-state index < -0.39 is 62.5 Å². The molecule has 109 heavy (non-hydrogen) atoms. The lowest BCUT2D eigenvalue weighted by Crippen LogP contribution is -2.29. The monoisotopic (exact) mass is 1560 g/mol. The largest absolute Gasteiger partial charge is 0.414 e. The number of hydrogen-bond acceptors (Lipinski definition) is 29. The van der Waals surface area contributed by atoms with Gasteiger partial charge in [-0.2, -0.15) is 0 Å². The summed E-state index contributed by atoms with van der Waals surface area (Å²) in [5.74, 6) is -0.481. The van der Waals surface area contributed by atoms with Gasteiger partial charge in [0.2, 0.25) is 5.89 Å². The highest BCUT2D eigenvalue weighted by atomic mass is 35.5. The maximum Gasteiger partial charge on any atom is 0.270 e. The summed E-state index contributed by atoms with van der Waals surface area (Å²) in [6.07, 6.45) is 4.89. The number of hydrogen-bond donors (Lipinski definition) is 7. The molecule has 570 valence electrons. The van der Waals surface area contributed by atoms with Crippen LogP contribution >= 0.6 is 11.6 Å². The average molecular weight is 1570 g/mol. The lowest BCUT2D eigenvalue weighted by Gasteiger charge is -2.22. The summed E-state index contributed by atoms with van der Waals surface area (Å²) in [7, 11) is -3.69. The molecule has 0 radical (unpaired) electrons. The van der Waals surface area contributed by atoms with Crippen molar-refractivity contribution in [2.24, 2.45) is 0 Å². The zero-order valence-corrected chi connectivity index (χ0v) is 64.0. The lowest BCUT2D eigenvalue weighted by atomic mass is 10.0. The van der Waals surface area contributed by atoms with Crippen LogP contribution in [0.3, 0.4) is 0 Å². The summed E-state index contributed by atoms with van der Waals surface area (Å²) in [4.78, 5) is 26.4. The number of sulfone groups is 3. The van der Waals surface area contributed by atoms with Crippen molar-refractivity contribution in [1.29, 1.82) is 0 Å². The smallest absolute Gasteiger partial charge is 0.270 e. The van der Waals surface area contributed by atoms with Gasteiger partial charge in [0.1, 0.15) is 11.6 Å². The zero-order chi connectivity index (χ0) is 78.7. The maximum absolute atomic E-state index is 14.6. The minimum Gasteiger partial charge on any atom is -0.414 e. The first-order valence-electron chi connectivity index (χ1n) is 33.8. The molecular formula is C74H79ClF2N18O11S3. The third-order valence-corrected chi connectivity index (χ3v) is 23.9. The van der Waals surface area contributed by atoms with Gasteiger partial charge in [-0.3, -0.25) is 0 Å². The molecule has 2 unspecified atom stereocenters. The summed E-state index contributed by atoms with van der Waals surface area (Å²) >= 11 is 6.28. The molecule has 12 aromatic rings. The molecule has 0 amide bonds. The Hall–Kier alpha value is -10.8. The number of methoxy groups -OCH3 is 1.